The molecule has 20 heavy (non-hydrogen) atoms. The Labute approximate surface area is 113 Å². The van der Waals surface area contributed by atoms with Crippen molar-refractivity contribution < 1.29 is 28.7 Å². The van der Waals surface area contributed by atoms with E-state index in [0.717, 1.165) is 17.1 Å². The van der Waals surface area contributed by atoms with Gasteiger partial charge in [0.25, 0.3) is 17.7 Å². The van der Waals surface area contributed by atoms with Crippen LogP contribution in [0.15, 0.2) is 12.2 Å². The second-order valence-corrected chi connectivity index (χ2v) is 4.36. The molecule has 0 aromatic carbocycles. The Bertz CT molecular complexity index is 506. The molecular formula is C12H12N2O6. The Morgan fingerprint density at radius 2 is 1.90 bits per heavy atom. The summed E-state index contributed by atoms with van der Waals surface area (Å²) in [5, 5.41) is 2.02. The second-order valence-electron chi connectivity index (χ2n) is 4.36. The number of nitrogens with one attached hydrogen (secondary N) is 1. The summed E-state index contributed by atoms with van der Waals surface area (Å²) in [6, 6.07) is 0. The van der Waals surface area contributed by atoms with Gasteiger partial charge in [-0.05, 0) is 6.42 Å². The van der Waals surface area contributed by atoms with Gasteiger partial charge in [0.1, 0.15) is 0 Å². The van der Waals surface area contributed by atoms with Gasteiger partial charge in [0, 0.05) is 25.1 Å². The normalized spacial score (nSPS) is 21.6. The van der Waals surface area contributed by atoms with Gasteiger partial charge in [-0.15, -0.1) is 0 Å². The van der Waals surface area contributed by atoms with Gasteiger partial charge in [0.05, 0.1) is 6.42 Å². The van der Waals surface area contributed by atoms with Crippen LogP contribution in [0.1, 0.15) is 19.3 Å². The predicted molar refractivity (Wildman–Crippen MR) is 62.7 cm³/mol. The number of imide groups is 2. The minimum atomic E-state index is -1.08. The van der Waals surface area contributed by atoms with Crippen LogP contribution >= 0.6 is 0 Å². The number of hydrogen-bond acceptors (Lipinski definition) is 6. The van der Waals surface area contributed by atoms with Gasteiger partial charge in [-0.3, -0.25) is 34.2 Å². The van der Waals surface area contributed by atoms with Crippen LogP contribution in [0, 0.1) is 0 Å². The maximum absolute atomic E-state index is 11.5. The summed E-state index contributed by atoms with van der Waals surface area (Å²) < 4.78 is 4.84. The van der Waals surface area contributed by atoms with Crippen LogP contribution in [0.4, 0.5) is 0 Å². The molecule has 0 radical (unpaired) electrons. The zero-order valence-electron chi connectivity index (χ0n) is 10.5. The summed E-state index contributed by atoms with van der Waals surface area (Å²) >= 11 is 0. The smallest absolute Gasteiger partial charge is 0.306 e. The van der Waals surface area contributed by atoms with Crippen LogP contribution in [-0.4, -0.2) is 47.1 Å². The molecule has 0 aromatic rings. The van der Waals surface area contributed by atoms with Gasteiger partial charge in [-0.1, -0.05) is 0 Å². The number of rotatable bonds is 5. The number of ether oxygens (including phenoxy) is 1. The van der Waals surface area contributed by atoms with Crippen molar-refractivity contribution in [3.05, 3.63) is 12.2 Å². The van der Waals surface area contributed by atoms with E-state index in [4.69, 9.17) is 4.74 Å². The molecule has 1 N–H and O–H groups in total. The fourth-order valence-corrected chi connectivity index (χ4v) is 1.88. The summed E-state index contributed by atoms with van der Waals surface area (Å²) in [7, 11) is 0. The summed E-state index contributed by atoms with van der Waals surface area (Å²) in [5.74, 6) is -2.58. The largest absolute Gasteiger partial charge is 0.452 e. The van der Waals surface area contributed by atoms with E-state index in [2.05, 4.69) is 0 Å². The molecule has 0 aliphatic carbocycles. The van der Waals surface area contributed by atoms with Gasteiger partial charge in [-0.25, -0.2) is 0 Å². The number of nitrogens with zero attached hydrogens (tertiary/aromatic N) is 1. The van der Waals surface area contributed by atoms with Gasteiger partial charge >= 0.3 is 5.97 Å². The van der Waals surface area contributed by atoms with E-state index in [0.29, 0.717) is 0 Å². The van der Waals surface area contributed by atoms with Crippen molar-refractivity contribution in [1.82, 2.24) is 10.2 Å². The van der Waals surface area contributed by atoms with E-state index in [-0.39, 0.29) is 25.8 Å². The molecule has 1 unspecified atom stereocenters. The minimum absolute atomic E-state index is 0.0466. The number of carbonyl (C=O) groups is 5. The highest BCUT2D eigenvalue weighted by Gasteiger charge is 2.33. The standard InChI is InChI=1S/C12H12N2O6/c15-8-6-7(12(19)13-8)20-11(18)2-1-5-14-9(16)3-4-10(14)17/h3-4,7H,1-2,5-6H2,(H,13,15,19). The average molecular weight is 280 g/mol. The molecule has 1 fully saturated rings. The molecule has 0 bridgehead atoms. The highest BCUT2D eigenvalue weighted by atomic mass is 16.5. The molecule has 0 saturated carbocycles. The van der Waals surface area contributed by atoms with E-state index >= 15 is 0 Å². The van der Waals surface area contributed by atoms with Crippen molar-refractivity contribution >= 4 is 29.6 Å². The first-order valence-electron chi connectivity index (χ1n) is 6.04. The molecule has 106 valence electrons. The van der Waals surface area contributed by atoms with E-state index in [1.165, 1.54) is 0 Å². The van der Waals surface area contributed by atoms with Gasteiger partial charge in [0.2, 0.25) is 5.91 Å². The zero-order chi connectivity index (χ0) is 14.7. The predicted octanol–water partition coefficient (Wildman–Crippen LogP) is -1.35. The van der Waals surface area contributed by atoms with Crippen LogP contribution in [0.25, 0.3) is 0 Å². The van der Waals surface area contributed by atoms with Gasteiger partial charge in [0.15, 0.2) is 6.10 Å². The molecule has 8 heteroatoms. The number of amides is 4. The minimum Gasteiger partial charge on any atom is -0.452 e. The lowest BCUT2D eigenvalue weighted by Crippen LogP contribution is -2.32. The van der Waals surface area contributed by atoms with Crippen molar-refractivity contribution in [1.29, 1.82) is 0 Å². The van der Waals surface area contributed by atoms with Crippen LogP contribution < -0.4 is 5.32 Å². The van der Waals surface area contributed by atoms with Crippen molar-refractivity contribution in [3.8, 4) is 0 Å². The lowest BCUT2D eigenvalue weighted by molar-refractivity contribution is -0.154. The third-order valence-corrected chi connectivity index (χ3v) is 2.86. The number of carbonyl (C=O) groups excluding carboxylic acids is 5. The molecule has 2 aliphatic rings. The molecule has 2 aliphatic heterocycles. The summed E-state index contributed by atoms with van der Waals surface area (Å²) in [6.45, 7) is 0.107. The van der Waals surface area contributed by atoms with Crippen molar-refractivity contribution in [2.24, 2.45) is 0 Å². The third-order valence-electron chi connectivity index (χ3n) is 2.86. The number of esters is 1. The van der Waals surface area contributed by atoms with E-state index in [1.807, 2.05) is 5.32 Å². The van der Waals surface area contributed by atoms with Crippen LogP contribution in [0.2, 0.25) is 0 Å². The second kappa shape index (κ2) is 5.64. The van der Waals surface area contributed by atoms with E-state index < -0.39 is 35.7 Å². The fourth-order valence-electron chi connectivity index (χ4n) is 1.88. The Hall–Kier alpha value is -2.51. The van der Waals surface area contributed by atoms with Crippen molar-refractivity contribution in [3.63, 3.8) is 0 Å². The van der Waals surface area contributed by atoms with Crippen molar-refractivity contribution in [2.45, 2.75) is 25.4 Å². The average Bonchev–Trinajstić information content (AvgIpc) is 2.85. The molecular weight excluding hydrogens is 268 g/mol. The van der Waals surface area contributed by atoms with Gasteiger partial charge in [-0.2, -0.15) is 0 Å². The molecule has 8 nitrogen and oxygen atoms in total. The third kappa shape index (κ3) is 3.08. The maximum Gasteiger partial charge on any atom is 0.306 e. The first-order chi connectivity index (χ1) is 9.47. The number of hydrogen-bond donors (Lipinski definition) is 1. The molecule has 2 rings (SSSR count). The quantitative estimate of drug-likeness (QED) is 0.492. The lowest BCUT2D eigenvalue weighted by Gasteiger charge is -2.13. The maximum atomic E-state index is 11.5. The monoisotopic (exact) mass is 280 g/mol. The van der Waals surface area contributed by atoms with Gasteiger partial charge < -0.3 is 4.74 Å². The van der Waals surface area contributed by atoms with Crippen LogP contribution in [0.3, 0.4) is 0 Å². The van der Waals surface area contributed by atoms with E-state index in [9.17, 15) is 24.0 Å². The summed E-state index contributed by atoms with van der Waals surface area (Å²) in [5.41, 5.74) is 0. The Morgan fingerprint density at radius 1 is 1.25 bits per heavy atom. The SMILES string of the molecule is O=C1CC(OC(=O)CCCN2C(=O)C=CC2=O)C(=O)N1. The lowest BCUT2D eigenvalue weighted by atomic mass is 10.2. The molecule has 2 heterocycles. The summed E-state index contributed by atoms with van der Waals surface area (Å²) in [6.07, 6.45) is 1.27. The highest BCUT2D eigenvalue weighted by Crippen LogP contribution is 2.10. The fraction of sp³-hybridized carbons (Fsp3) is 0.417. The first kappa shape index (κ1) is 13.9. The first-order valence-corrected chi connectivity index (χ1v) is 6.04. The molecule has 1 saturated heterocycles. The van der Waals surface area contributed by atoms with Crippen LogP contribution in [0.5, 0.6) is 0 Å². The molecule has 0 spiro atoms. The molecule has 0 aromatic heterocycles. The molecule has 4 amide bonds. The molecule has 1 atom stereocenters. The van der Waals surface area contributed by atoms with Crippen LogP contribution in [-0.2, 0) is 28.7 Å². The topological polar surface area (TPSA) is 110 Å². The Balaban J connectivity index is 1.71. The Kier molecular flexibility index (Phi) is 3.92. The zero-order valence-corrected chi connectivity index (χ0v) is 10.5. The van der Waals surface area contributed by atoms with E-state index in [1.54, 1.807) is 0 Å². The Morgan fingerprint density at radius 3 is 2.45 bits per heavy atom. The summed E-state index contributed by atoms with van der Waals surface area (Å²) in [4.78, 5) is 57.0. The highest BCUT2D eigenvalue weighted by molar-refractivity contribution is 6.12. The van der Waals surface area contributed by atoms with Crippen molar-refractivity contribution in [2.75, 3.05) is 6.54 Å².